The van der Waals surface area contributed by atoms with Crippen molar-refractivity contribution < 1.29 is 27.9 Å². The molecule has 12 heteroatoms. The first kappa shape index (κ1) is 25.0. The Hall–Kier alpha value is -3.12. The van der Waals surface area contributed by atoms with Crippen LogP contribution >= 0.6 is 11.3 Å². The Morgan fingerprint density at radius 3 is 2.37 bits per heavy atom. The van der Waals surface area contributed by atoms with E-state index in [2.05, 4.69) is 16.4 Å². The first-order chi connectivity index (χ1) is 16.6. The second-order valence-electron chi connectivity index (χ2n) is 8.49. The number of thiophene rings is 1. The lowest BCUT2D eigenvalue weighted by atomic mass is 10.0. The van der Waals surface area contributed by atoms with E-state index >= 15 is 0 Å². The molecular weight excluding hydrogens is 485 g/mol. The molecule has 2 aliphatic heterocycles. The summed E-state index contributed by atoms with van der Waals surface area (Å²) in [5.41, 5.74) is 1.76. The molecule has 0 aliphatic carbocycles. The Kier molecular flexibility index (Phi) is 7.31. The van der Waals surface area contributed by atoms with Crippen LogP contribution in [0.5, 0.6) is 0 Å². The highest BCUT2D eigenvalue weighted by Crippen LogP contribution is 2.31. The van der Waals surface area contributed by atoms with Crippen molar-refractivity contribution in [1.82, 2.24) is 19.8 Å². The van der Waals surface area contributed by atoms with Crippen LogP contribution in [0.25, 0.3) is 11.0 Å². The number of fused-ring (bicyclic) bond motifs is 1. The molecule has 0 radical (unpaired) electrons. The maximum Gasteiger partial charge on any atom is 0.490 e. The molecule has 3 aromatic rings. The minimum Gasteiger partial charge on any atom is -0.475 e. The lowest BCUT2D eigenvalue weighted by molar-refractivity contribution is -0.192. The van der Waals surface area contributed by atoms with Gasteiger partial charge in [0.2, 0.25) is 0 Å². The van der Waals surface area contributed by atoms with E-state index in [0.717, 1.165) is 41.7 Å². The number of carbonyl (C=O) groups is 2. The van der Waals surface area contributed by atoms with Crippen LogP contribution in [0.4, 0.5) is 13.2 Å². The predicted octanol–water partition coefficient (Wildman–Crippen LogP) is 3.93. The number of nitrogens with zero attached hydrogens (tertiary/aromatic N) is 2. The summed E-state index contributed by atoms with van der Waals surface area (Å²) in [6.45, 7) is 2.43. The molecule has 0 saturated carbocycles. The molecule has 5 rings (SSSR count). The van der Waals surface area contributed by atoms with Gasteiger partial charge in [-0.3, -0.25) is 9.36 Å². The summed E-state index contributed by atoms with van der Waals surface area (Å²) in [6.07, 6.45) is -1.13. The summed E-state index contributed by atoms with van der Waals surface area (Å²) >= 11 is 1.62. The van der Waals surface area contributed by atoms with Crippen molar-refractivity contribution in [2.24, 2.45) is 0 Å². The molecule has 35 heavy (non-hydrogen) atoms. The number of benzene rings is 1. The summed E-state index contributed by atoms with van der Waals surface area (Å²) in [4.78, 5) is 41.2. The lowest BCUT2D eigenvalue weighted by Gasteiger charge is -2.32. The fourth-order valence-corrected chi connectivity index (χ4v) is 5.59. The Bertz CT molecular complexity index is 1250. The van der Waals surface area contributed by atoms with Gasteiger partial charge < -0.3 is 20.3 Å². The van der Waals surface area contributed by atoms with Gasteiger partial charge in [0.15, 0.2) is 0 Å². The fraction of sp³-hybridized carbons (Fsp3) is 0.435. The van der Waals surface area contributed by atoms with Gasteiger partial charge >= 0.3 is 17.8 Å². The number of aromatic amines is 1. The maximum atomic E-state index is 12.9. The van der Waals surface area contributed by atoms with E-state index in [1.807, 2.05) is 39.8 Å². The van der Waals surface area contributed by atoms with E-state index in [1.54, 1.807) is 11.3 Å². The molecule has 1 atom stereocenters. The van der Waals surface area contributed by atoms with Gasteiger partial charge in [-0.1, -0.05) is 12.1 Å². The number of para-hydroxylation sites is 2. The van der Waals surface area contributed by atoms with Crippen LogP contribution < -0.4 is 11.0 Å². The molecule has 2 saturated heterocycles. The quantitative estimate of drug-likeness (QED) is 0.495. The van der Waals surface area contributed by atoms with Gasteiger partial charge in [-0.2, -0.15) is 13.2 Å². The normalized spacial score (nSPS) is 18.9. The average Bonchev–Trinajstić information content (AvgIpc) is 3.57. The summed E-state index contributed by atoms with van der Waals surface area (Å²) in [5, 5.41) is 10.6. The Labute approximate surface area is 202 Å². The zero-order valence-corrected chi connectivity index (χ0v) is 19.5. The molecule has 2 aromatic heterocycles. The Balaban J connectivity index is 0.000000364. The standard InChI is InChI=1S/C21H24N4O2S.C2HF3O2/c26-20(19-8-7-18(28-19)16-5-3-11-22-16)24-12-9-14(10-13-24)25-17-6-2-1-4-15(17)23-21(25)27;3-2(4,5)1(6)7/h1-2,4,6-8,14,16,22H,3,5,9-13H2,(H,23,27);(H,6,7). The second-order valence-corrected chi connectivity index (χ2v) is 9.61. The number of piperidine rings is 1. The first-order valence-electron chi connectivity index (χ1n) is 11.3. The molecule has 2 aliphatic rings. The number of carboxylic acid groups (broad SMARTS) is 1. The van der Waals surface area contributed by atoms with Crippen molar-refractivity contribution in [2.45, 2.75) is 43.9 Å². The summed E-state index contributed by atoms with van der Waals surface area (Å²) in [5.74, 6) is -2.63. The highest BCUT2D eigenvalue weighted by atomic mass is 32.1. The van der Waals surface area contributed by atoms with E-state index in [0.29, 0.717) is 19.1 Å². The molecule has 4 heterocycles. The molecule has 8 nitrogen and oxygen atoms in total. The summed E-state index contributed by atoms with van der Waals surface area (Å²) in [7, 11) is 0. The monoisotopic (exact) mass is 510 g/mol. The van der Waals surface area contributed by atoms with Gasteiger partial charge in [0.05, 0.1) is 15.9 Å². The van der Waals surface area contributed by atoms with Crippen molar-refractivity contribution >= 4 is 34.2 Å². The van der Waals surface area contributed by atoms with Crippen LogP contribution in [-0.2, 0) is 4.79 Å². The van der Waals surface area contributed by atoms with Crippen molar-refractivity contribution in [2.75, 3.05) is 19.6 Å². The van der Waals surface area contributed by atoms with E-state index in [4.69, 9.17) is 9.90 Å². The third kappa shape index (κ3) is 5.59. The summed E-state index contributed by atoms with van der Waals surface area (Å²) < 4.78 is 33.6. The SMILES string of the molecule is O=C(O)C(F)(F)F.O=C(c1ccc(C2CCCN2)s1)N1CCC(n2c(=O)[nH]c3ccccc32)CC1. The third-order valence-corrected chi connectivity index (χ3v) is 7.41. The van der Waals surface area contributed by atoms with Crippen LogP contribution in [-0.4, -0.2) is 57.2 Å². The maximum absolute atomic E-state index is 12.9. The predicted molar refractivity (Wildman–Crippen MR) is 125 cm³/mol. The number of rotatable bonds is 3. The topological polar surface area (TPSA) is 107 Å². The van der Waals surface area contributed by atoms with Crippen molar-refractivity contribution in [1.29, 1.82) is 0 Å². The molecule has 0 bridgehead atoms. The number of carbonyl (C=O) groups excluding carboxylic acids is 1. The number of H-pyrrole nitrogens is 1. The number of imidazole rings is 1. The summed E-state index contributed by atoms with van der Waals surface area (Å²) in [6, 6.07) is 12.4. The minimum absolute atomic E-state index is 0.0575. The number of alkyl halides is 3. The van der Waals surface area contributed by atoms with E-state index in [-0.39, 0.29) is 17.6 Å². The number of amides is 1. The number of aromatic nitrogens is 2. The number of nitrogens with one attached hydrogen (secondary N) is 2. The van der Waals surface area contributed by atoms with Gasteiger partial charge in [0.1, 0.15) is 0 Å². The fourth-order valence-electron chi connectivity index (χ4n) is 4.50. The van der Waals surface area contributed by atoms with Crippen molar-refractivity contribution in [3.05, 3.63) is 56.6 Å². The number of halogens is 3. The van der Waals surface area contributed by atoms with Crippen LogP contribution in [0.15, 0.2) is 41.2 Å². The Morgan fingerprint density at radius 2 is 1.74 bits per heavy atom. The largest absolute Gasteiger partial charge is 0.490 e. The van der Waals surface area contributed by atoms with Gasteiger partial charge in [-0.05, 0) is 56.5 Å². The second kappa shape index (κ2) is 10.2. The lowest BCUT2D eigenvalue weighted by Crippen LogP contribution is -2.40. The zero-order chi connectivity index (χ0) is 25.2. The van der Waals surface area contributed by atoms with Gasteiger partial charge in [-0.25, -0.2) is 9.59 Å². The molecule has 1 amide bonds. The number of aliphatic carboxylic acids is 1. The van der Waals surface area contributed by atoms with Crippen molar-refractivity contribution in [3.63, 3.8) is 0 Å². The third-order valence-electron chi connectivity index (χ3n) is 6.22. The molecule has 2 fully saturated rings. The highest BCUT2D eigenvalue weighted by molar-refractivity contribution is 7.14. The number of carboxylic acids is 1. The number of hydrogen-bond donors (Lipinski definition) is 3. The van der Waals surface area contributed by atoms with Crippen molar-refractivity contribution in [3.8, 4) is 0 Å². The van der Waals surface area contributed by atoms with E-state index in [1.165, 1.54) is 11.3 Å². The van der Waals surface area contributed by atoms with Crippen LogP contribution in [0.3, 0.4) is 0 Å². The van der Waals surface area contributed by atoms with Gasteiger partial charge in [-0.15, -0.1) is 11.3 Å². The molecular formula is C23H25F3N4O4S. The van der Waals surface area contributed by atoms with Crippen LogP contribution in [0.1, 0.15) is 52.3 Å². The van der Waals surface area contributed by atoms with E-state index < -0.39 is 12.1 Å². The average molecular weight is 511 g/mol. The highest BCUT2D eigenvalue weighted by Gasteiger charge is 2.38. The molecule has 0 spiro atoms. The first-order valence-corrected chi connectivity index (χ1v) is 12.1. The van der Waals surface area contributed by atoms with Gasteiger partial charge in [0, 0.05) is 30.1 Å². The van der Waals surface area contributed by atoms with E-state index in [9.17, 15) is 22.8 Å². The molecule has 1 unspecified atom stereocenters. The number of likely N-dealkylation sites (tertiary alicyclic amines) is 1. The molecule has 188 valence electrons. The van der Waals surface area contributed by atoms with Crippen LogP contribution in [0, 0.1) is 0 Å². The molecule has 3 N–H and O–H groups in total. The smallest absolute Gasteiger partial charge is 0.475 e. The zero-order valence-electron chi connectivity index (χ0n) is 18.7. The minimum atomic E-state index is -5.08. The van der Waals surface area contributed by atoms with Gasteiger partial charge in [0.25, 0.3) is 5.91 Å². The van der Waals surface area contributed by atoms with Crippen LogP contribution in [0.2, 0.25) is 0 Å². The Morgan fingerprint density at radius 1 is 1.06 bits per heavy atom. The number of hydrogen-bond acceptors (Lipinski definition) is 5. The molecule has 1 aromatic carbocycles.